The first-order valence-electron chi connectivity index (χ1n) is 6.49. The van der Waals surface area contributed by atoms with Crippen LogP contribution in [0.15, 0.2) is 10.6 Å². The standard InChI is InChI=1S/C13H20N2O3/c1-3-10-4-5-15(12(7-10)13(16)17)8-11-6-9(2)18-14-11/h6,10,12H,3-5,7-8H2,1-2H3,(H,16,17). The monoisotopic (exact) mass is 252 g/mol. The number of carboxylic acid groups (broad SMARTS) is 1. The molecule has 1 aromatic heterocycles. The van der Waals surface area contributed by atoms with E-state index in [1.54, 1.807) is 0 Å². The van der Waals surface area contributed by atoms with E-state index in [2.05, 4.69) is 12.1 Å². The highest BCUT2D eigenvalue weighted by Crippen LogP contribution is 2.26. The number of hydrogen-bond donors (Lipinski definition) is 1. The zero-order valence-electron chi connectivity index (χ0n) is 10.9. The van der Waals surface area contributed by atoms with Crippen molar-refractivity contribution in [1.29, 1.82) is 0 Å². The maximum atomic E-state index is 11.3. The maximum Gasteiger partial charge on any atom is 0.320 e. The number of aryl methyl sites for hydroxylation is 1. The van der Waals surface area contributed by atoms with Gasteiger partial charge < -0.3 is 9.63 Å². The predicted molar refractivity (Wildman–Crippen MR) is 66.1 cm³/mol. The first kappa shape index (κ1) is 13.1. The molecule has 1 fully saturated rings. The van der Waals surface area contributed by atoms with Gasteiger partial charge in [-0.3, -0.25) is 9.69 Å². The van der Waals surface area contributed by atoms with Crippen LogP contribution in [0.3, 0.4) is 0 Å². The molecule has 1 N–H and O–H groups in total. The number of likely N-dealkylation sites (tertiary alicyclic amines) is 1. The smallest absolute Gasteiger partial charge is 0.320 e. The fraction of sp³-hybridized carbons (Fsp3) is 0.692. The summed E-state index contributed by atoms with van der Waals surface area (Å²) < 4.78 is 5.02. The summed E-state index contributed by atoms with van der Waals surface area (Å²) in [7, 11) is 0. The molecule has 2 atom stereocenters. The number of aromatic nitrogens is 1. The zero-order chi connectivity index (χ0) is 13.1. The minimum absolute atomic E-state index is 0.388. The molecule has 5 nitrogen and oxygen atoms in total. The Morgan fingerprint density at radius 2 is 2.44 bits per heavy atom. The van der Waals surface area contributed by atoms with Gasteiger partial charge in [0.1, 0.15) is 11.8 Å². The van der Waals surface area contributed by atoms with Crippen molar-refractivity contribution in [3.05, 3.63) is 17.5 Å². The van der Waals surface area contributed by atoms with Gasteiger partial charge in [0.2, 0.25) is 0 Å². The average Bonchev–Trinajstić information content (AvgIpc) is 2.75. The quantitative estimate of drug-likeness (QED) is 0.888. The molecule has 0 aliphatic carbocycles. The number of carbonyl (C=O) groups is 1. The summed E-state index contributed by atoms with van der Waals surface area (Å²) in [5, 5.41) is 13.3. The summed E-state index contributed by atoms with van der Waals surface area (Å²) in [4.78, 5) is 13.3. The fourth-order valence-electron chi connectivity index (χ4n) is 2.60. The summed E-state index contributed by atoms with van der Waals surface area (Å²) in [6, 6.07) is 1.48. The molecule has 0 amide bonds. The van der Waals surface area contributed by atoms with Crippen molar-refractivity contribution in [3.63, 3.8) is 0 Å². The van der Waals surface area contributed by atoms with E-state index in [0.29, 0.717) is 12.5 Å². The molecule has 2 heterocycles. The van der Waals surface area contributed by atoms with Crippen molar-refractivity contribution >= 4 is 5.97 Å². The number of aliphatic carboxylic acids is 1. The Morgan fingerprint density at radius 1 is 1.67 bits per heavy atom. The lowest BCUT2D eigenvalue weighted by Crippen LogP contribution is -2.46. The van der Waals surface area contributed by atoms with Gasteiger partial charge in [0.25, 0.3) is 0 Å². The molecular weight excluding hydrogens is 232 g/mol. The number of hydrogen-bond acceptors (Lipinski definition) is 4. The third kappa shape index (κ3) is 2.90. The molecule has 1 aliphatic rings. The van der Waals surface area contributed by atoms with Gasteiger partial charge in [0.05, 0.1) is 5.69 Å². The minimum Gasteiger partial charge on any atom is -0.480 e. The van der Waals surface area contributed by atoms with E-state index < -0.39 is 5.97 Å². The van der Waals surface area contributed by atoms with Gasteiger partial charge in [-0.05, 0) is 32.2 Å². The summed E-state index contributed by atoms with van der Waals surface area (Å²) in [5.74, 6) is 0.565. The Balaban J connectivity index is 2.04. The Morgan fingerprint density at radius 3 is 3.00 bits per heavy atom. The highest BCUT2D eigenvalue weighted by atomic mass is 16.5. The zero-order valence-corrected chi connectivity index (χ0v) is 10.9. The van der Waals surface area contributed by atoms with Crippen LogP contribution in [0.2, 0.25) is 0 Å². The normalized spacial score (nSPS) is 25.2. The second kappa shape index (κ2) is 5.52. The average molecular weight is 252 g/mol. The highest BCUT2D eigenvalue weighted by molar-refractivity contribution is 5.73. The van der Waals surface area contributed by atoms with Crippen LogP contribution in [-0.2, 0) is 11.3 Å². The van der Waals surface area contributed by atoms with Crippen molar-refractivity contribution in [1.82, 2.24) is 10.1 Å². The molecule has 0 aromatic carbocycles. The van der Waals surface area contributed by atoms with E-state index in [1.807, 2.05) is 17.9 Å². The molecule has 100 valence electrons. The molecule has 18 heavy (non-hydrogen) atoms. The van der Waals surface area contributed by atoms with Crippen molar-refractivity contribution in [2.24, 2.45) is 5.92 Å². The lowest BCUT2D eigenvalue weighted by atomic mass is 9.89. The molecule has 1 aliphatic heterocycles. The number of nitrogens with zero attached hydrogens (tertiary/aromatic N) is 2. The van der Waals surface area contributed by atoms with Crippen molar-refractivity contribution in [3.8, 4) is 0 Å². The van der Waals surface area contributed by atoms with Crippen molar-refractivity contribution in [2.45, 2.75) is 45.7 Å². The van der Waals surface area contributed by atoms with Gasteiger partial charge >= 0.3 is 5.97 Å². The first-order valence-corrected chi connectivity index (χ1v) is 6.49. The predicted octanol–water partition coefficient (Wildman–Crippen LogP) is 2.06. The van der Waals surface area contributed by atoms with E-state index in [0.717, 1.165) is 37.3 Å². The SMILES string of the molecule is CCC1CCN(Cc2cc(C)on2)C(C(=O)O)C1. The van der Waals surface area contributed by atoms with E-state index in [-0.39, 0.29) is 6.04 Å². The summed E-state index contributed by atoms with van der Waals surface area (Å²) in [6.45, 7) is 5.35. The molecule has 5 heteroatoms. The molecule has 2 unspecified atom stereocenters. The number of piperidine rings is 1. The molecule has 0 saturated carbocycles. The molecule has 0 radical (unpaired) electrons. The van der Waals surface area contributed by atoms with Gasteiger partial charge in [-0.25, -0.2) is 0 Å². The minimum atomic E-state index is -0.728. The lowest BCUT2D eigenvalue weighted by molar-refractivity contribution is -0.145. The summed E-state index contributed by atoms with van der Waals surface area (Å²) in [5.41, 5.74) is 0.814. The van der Waals surface area contributed by atoms with E-state index in [1.165, 1.54) is 0 Å². The van der Waals surface area contributed by atoms with Crippen LogP contribution in [0.5, 0.6) is 0 Å². The Labute approximate surface area is 107 Å². The van der Waals surface area contributed by atoms with Crippen LogP contribution in [0.4, 0.5) is 0 Å². The van der Waals surface area contributed by atoms with Crippen LogP contribution in [0, 0.1) is 12.8 Å². The molecule has 1 aromatic rings. The van der Waals surface area contributed by atoms with Gasteiger partial charge in [-0.2, -0.15) is 0 Å². The lowest BCUT2D eigenvalue weighted by Gasteiger charge is -2.36. The molecule has 0 spiro atoms. The van der Waals surface area contributed by atoms with Gasteiger partial charge in [0, 0.05) is 12.6 Å². The molecule has 0 bridgehead atoms. The first-order chi connectivity index (χ1) is 8.60. The van der Waals surface area contributed by atoms with E-state index >= 15 is 0 Å². The largest absolute Gasteiger partial charge is 0.480 e. The van der Waals surface area contributed by atoms with Gasteiger partial charge in [-0.15, -0.1) is 0 Å². The van der Waals surface area contributed by atoms with Crippen molar-refractivity contribution in [2.75, 3.05) is 6.54 Å². The third-order valence-corrected chi connectivity index (χ3v) is 3.73. The van der Waals surface area contributed by atoms with Crippen LogP contribution >= 0.6 is 0 Å². The molecule has 2 rings (SSSR count). The van der Waals surface area contributed by atoms with Crippen LogP contribution < -0.4 is 0 Å². The second-order valence-corrected chi connectivity index (χ2v) is 5.05. The number of rotatable bonds is 4. The topological polar surface area (TPSA) is 66.6 Å². The van der Waals surface area contributed by atoms with Gasteiger partial charge in [0.15, 0.2) is 0 Å². The fourth-order valence-corrected chi connectivity index (χ4v) is 2.60. The maximum absolute atomic E-state index is 11.3. The van der Waals surface area contributed by atoms with Crippen LogP contribution in [0.25, 0.3) is 0 Å². The van der Waals surface area contributed by atoms with Crippen LogP contribution in [0.1, 0.15) is 37.6 Å². The van der Waals surface area contributed by atoms with E-state index in [9.17, 15) is 9.90 Å². The Kier molecular flexibility index (Phi) is 4.01. The van der Waals surface area contributed by atoms with Crippen molar-refractivity contribution < 1.29 is 14.4 Å². The Bertz CT molecular complexity index is 416. The Hall–Kier alpha value is -1.36. The number of carboxylic acids is 1. The van der Waals surface area contributed by atoms with Gasteiger partial charge in [-0.1, -0.05) is 18.5 Å². The highest BCUT2D eigenvalue weighted by Gasteiger charge is 2.32. The third-order valence-electron chi connectivity index (χ3n) is 3.73. The summed E-state index contributed by atoms with van der Waals surface area (Å²) >= 11 is 0. The molecular formula is C13H20N2O3. The van der Waals surface area contributed by atoms with E-state index in [4.69, 9.17) is 4.52 Å². The summed E-state index contributed by atoms with van der Waals surface area (Å²) in [6.07, 6.45) is 2.86. The molecule has 1 saturated heterocycles. The van der Waals surface area contributed by atoms with Crippen LogP contribution in [-0.4, -0.2) is 33.7 Å². The second-order valence-electron chi connectivity index (χ2n) is 5.05.